The van der Waals surface area contributed by atoms with E-state index in [1.54, 1.807) is 49.6 Å². The van der Waals surface area contributed by atoms with Crippen LogP contribution in [0.25, 0.3) is 11.0 Å². The molecule has 0 saturated carbocycles. The highest BCUT2D eigenvalue weighted by molar-refractivity contribution is 7.90. The molecule has 0 fully saturated rings. The SMILES string of the molecule is COc1ccc2c(cc([Si](C)(C)C)n2S(=O)(=O)c2ccccc2)n1. The molecule has 126 valence electrons. The summed E-state index contributed by atoms with van der Waals surface area (Å²) in [4.78, 5) is 4.69. The second-order valence-electron chi connectivity index (χ2n) is 6.62. The Hall–Kier alpha value is -2.12. The lowest BCUT2D eigenvalue weighted by Crippen LogP contribution is -2.44. The van der Waals surface area contributed by atoms with Crippen molar-refractivity contribution in [2.45, 2.75) is 24.5 Å². The van der Waals surface area contributed by atoms with Gasteiger partial charge in [0.2, 0.25) is 5.88 Å². The Morgan fingerprint density at radius 2 is 1.71 bits per heavy atom. The largest absolute Gasteiger partial charge is 0.481 e. The number of pyridine rings is 1. The maximum Gasteiger partial charge on any atom is 0.268 e. The maximum atomic E-state index is 13.3. The Morgan fingerprint density at radius 3 is 2.29 bits per heavy atom. The minimum Gasteiger partial charge on any atom is -0.481 e. The number of benzene rings is 1. The van der Waals surface area contributed by atoms with Gasteiger partial charge in [0, 0.05) is 11.4 Å². The summed E-state index contributed by atoms with van der Waals surface area (Å²) in [5.74, 6) is 0.471. The van der Waals surface area contributed by atoms with E-state index >= 15 is 0 Å². The van der Waals surface area contributed by atoms with Crippen LogP contribution in [-0.2, 0) is 10.0 Å². The van der Waals surface area contributed by atoms with Gasteiger partial charge in [0.15, 0.2) is 0 Å². The van der Waals surface area contributed by atoms with Gasteiger partial charge in [0.05, 0.1) is 23.0 Å². The zero-order chi connectivity index (χ0) is 17.5. The van der Waals surface area contributed by atoms with Crippen LogP contribution in [0.3, 0.4) is 0 Å². The molecule has 0 aliphatic heterocycles. The molecule has 3 rings (SSSR count). The molecule has 1 aromatic carbocycles. The minimum absolute atomic E-state index is 0.276. The predicted molar refractivity (Wildman–Crippen MR) is 98.3 cm³/mol. The van der Waals surface area contributed by atoms with Crippen LogP contribution in [0.2, 0.25) is 19.6 Å². The number of hydrogen-bond acceptors (Lipinski definition) is 4. The highest BCUT2D eigenvalue weighted by Gasteiger charge is 2.30. The molecule has 0 bridgehead atoms. The van der Waals surface area contributed by atoms with Crippen LogP contribution in [-0.4, -0.2) is 32.6 Å². The number of rotatable bonds is 4. The van der Waals surface area contributed by atoms with E-state index < -0.39 is 18.1 Å². The standard InChI is InChI=1S/C17H20N2O3SSi/c1-22-16-11-10-15-14(18-16)12-17(24(2,3)4)19(15)23(20,21)13-8-6-5-7-9-13/h5-12H,1-4H3. The molecule has 24 heavy (non-hydrogen) atoms. The lowest BCUT2D eigenvalue weighted by atomic mass is 10.4. The van der Waals surface area contributed by atoms with Crippen molar-refractivity contribution in [3.05, 3.63) is 48.5 Å². The van der Waals surface area contributed by atoms with E-state index in [4.69, 9.17) is 4.74 Å². The van der Waals surface area contributed by atoms with Crippen LogP contribution < -0.4 is 10.1 Å². The molecule has 0 N–H and O–H groups in total. The van der Waals surface area contributed by atoms with Gasteiger partial charge in [0.25, 0.3) is 10.0 Å². The van der Waals surface area contributed by atoms with Crippen LogP contribution in [0.15, 0.2) is 53.4 Å². The van der Waals surface area contributed by atoms with Crippen LogP contribution in [0.4, 0.5) is 0 Å². The van der Waals surface area contributed by atoms with Crippen LogP contribution in [0.5, 0.6) is 5.88 Å². The Morgan fingerprint density at radius 1 is 1.04 bits per heavy atom. The van der Waals surface area contributed by atoms with Crippen molar-refractivity contribution in [1.29, 1.82) is 0 Å². The average molecular weight is 361 g/mol. The summed E-state index contributed by atoms with van der Waals surface area (Å²) >= 11 is 0. The first-order valence-corrected chi connectivity index (χ1v) is 12.6. The molecule has 0 saturated heterocycles. The quantitative estimate of drug-likeness (QED) is 0.671. The first-order chi connectivity index (χ1) is 11.2. The van der Waals surface area contributed by atoms with Crippen molar-refractivity contribution in [2.75, 3.05) is 7.11 Å². The van der Waals surface area contributed by atoms with E-state index in [0.717, 1.165) is 5.32 Å². The van der Waals surface area contributed by atoms with E-state index in [1.165, 1.54) is 3.97 Å². The summed E-state index contributed by atoms with van der Waals surface area (Å²) < 4.78 is 33.1. The molecule has 0 unspecified atom stereocenters. The van der Waals surface area contributed by atoms with E-state index in [2.05, 4.69) is 24.6 Å². The van der Waals surface area contributed by atoms with Gasteiger partial charge in [-0.05, 0) is 24.3 Å². The lowest BCUT2D eigenvalue weighted by molar-refractivity contribution is 0.399. The van der Waals surface area contributed by atoms with E-state index in [1.807, 2.05) is 6.07 Å². The number of fused-ring (bicyclic) bond motifs is 1. The number of methoxy groups -OCH3 is 1. The Balaban J connectivity index is 2.37. The first kappa shape index (κ1) is 16.7. The molecule has 0 atom stereocenters. The van der Waals surface area contributed by atoms with Gasteiger partial charge in [-0.2, -0.15) is 0 Å². The lowest BCUT2D eigenvalue weighted by Gasteiger charge is -2.20. The van der Waals surface area contributed by atoms with Crippen molar-refractivity contribution in [1.82, 2.24) is 8.96 Å². The smallest absolute Gasteiger partial charge is 0.268 e. The van der Waals surface area contributed by atoms with Gasteiger partial charge < -0.3 is 4.74 Å². The van der Waals surface area contributed by atoms with Gasteiger partial charge in [0.1, 0.15) is 8.07 Å². The van der Waals surface area contributed by atoms with Gasteiger partial charge >= 0.3 is 0 Å². The fraction of sp³-hybridized carbons (Fsp3) is 0.235. The number of aromatic nitrogens is 2. The number of ether oxygens (including phenoxy) is 1. The van der Waals surface area contributed by atoms with Gasteiger partial charge in [-0.25, -0.2) is 17.4 Å². The highest BCUT2D eigenvalue weighted by atomic mass is 32.2. The van der Waals surface area contributed by atoms with Crippen LogP contribution in [0, 0.1) is 0 Å². The van der Waals surface area contributed by atoms with Gasteiger partial charge in [-0.15, -0.1) is 0 Å². The first-order valence-electron chi connectivity index (χ1n) is 7.63. The molecule has 0 amide bonds. The van der Waals surface area contributed by atoms with Crippen molar-refractivity contribution < 1.29 is 13.2 Å². The number of nitrogens with zero attached hydrogens (tertiary/aromatic N) is 2. The highest BCUT2D eigenvalue weighted by Crippen LogP contribution is 2.24. The molecule has 7 heteroatoms. The Labute approximate surface area is 143 Å². The number of hydrogen-bond donors (Lipinski definition) is 0. The second kappa shape index (κ2) is 5.75. The van der Waals surface area contributed by atoms with Crippen molar-refractivity contribution in [3.63, 3.8) is 0 Å². The summed E-state index contributed by atoms with van der Waals surface area (Å²) in [6, 6.07) is 13.8. The summed E-state index contributed by atoms with van der Waals surface area (Å²) in [5.41, 5.74) is 1.21. The predicted octanol–water partition coefficient (Wildman–Crippen LogP) is 2.83. The second-order valence-corrected chi connectivity index (χ2v) is 13.4. The minimum atomic E-state index is -3.69. The maximum absolute atomic E-state index is 13.3. The molecule has 0 spiro atoms. The normalized spacial score (nSPS) is 12.5. The van der Waals surface area contributed by atoms with E-state index in [0.29, 0.717) is 16.9 Å². The zero-order valence-electron chi connectivity index (χ0n) is 14.1. The molecule has 3 aromatic rings. The zero-order valence-corrected chi connectivity index (χ0v) is 16.0. The van der Waals surface area contributed by atoms with Crippen molar-refractivity contribution in [3.8, 4) is 5.88 Å². The van der Waals surface area contributed by atoms with Crippen molar-refractivity contribution >= 4 is 34.4 Å². The fourth-order valence-electron chi connectivity index (χ4n) is 2.64. The van der Waals surface area contributed by atoms with Crippen LogP contribution >= 0.6 is 0 Å². The third kappa shape index (κ3) is 2.74. The summed E-state index contributed by atoms with van der Waals surface area (Å²) in [7, 11) is -4.07. The topological polar surface area (TPSA) is 61.2 Å². The summed E-state index contributed by atoms with van der Waals surface area (Å²) in [5, 5.41) is 0.821. The Bertz CT molecular complexity index is 990. The molecular formula is C17H20N2O3SSi. The molecule has 0 aliphatic carbocycles. The fourth-order valence-corrected chi connectivity index (χ4v) is 6.55. The Kier molecular flexibility index (Phi) is 4.01. The summed E-state index contributed by atoms with van der Waals surface area (Å²) in [6.45, 7) is 6.36. The molecule has 0 aliphatic rings. The monoisotopic (exact) mass is 360 g/mol. The summed E-state index contributed by atoms with van der Waals surface area (Å²) in [6.07, 6.45) is 0. The van der Waals surface area contributed by atoms with Crippen molar-refractivity contribution in [2.24, 2.45) is 0 Å². The molecule has 2 heterocycles. The third-order valence-electron chi connectivity index (χ3n) is 3.85. The van der Waals surface area contributed by atoms with Gasteiger partial charge in [-0.1, -0.05) is 37.8 Å². The third-order valence-corrected chi connectivity index (χ3v) is 7.66. The molecule has 2 aromatic heterocycles. The molecule has 5 nitrogen and oxygen atoms in total. The van der Waals surface area contributed by atoms with Crippen LogP contribution in [0.1, 0.15) is 0 Å². The average Bonchev–Trinajstić information content (AvgIpc) is 2.95. The van der Waals surface area contributed by atoms with E-state index in [9.17, 15) is 8.42 Å². The molecule has 0 radical (unpaired) electrons. The van der Waals surface area contributed by atoms with Gasteiger partial charge in [-0.3, -0.25) is 0 Å². The molecular weight excluding hydrogens is 340 g/mol. The van der Waals surface area contributed by atoms with E-state index in [-0.39, 0.29) is 4.90 Å².